The molecular formula is C23H20N4OS3. The molecule has 0 bridgehead atoms. The van der Waals surface area contributed by atoms with Crippen LogP contribution in [0.25, 0.3) is 11.0 Å². The maximum Gasteiger partial charge on any atom is 0.253 e. The molecule has 0 N–H and O–H groups in total. The van der Waals surface area contributed by atoms with Gasteiger partial charge in [-0.3, -0.25) is 4.79 Å². The molecule has 4 aromatic rings. The molecule has 5 nitrogen and oxygen atoms in total. The lowest BCUT2D eigenvalue weighted by Gasteiger charge is -2.20. The highest BCUT2D eigenvalue weighted by molar-refractivity contribution is 7.99. The Hall–Kier alpha value is -2.55. The minimum absolute atomic E-state index is 0.0209. The topological polar surface area (TPSA) is 58.5 Å². The van der Waals surface area contributed by atoms with Gasteiger partial charge in [-0.15, -0.1) is 34.4 Å². The summed E-state index contributed by atoms with van der Waals surface area (Å²) >= 11 is 4.91. The van der Waals surface area contributed by atoms with Crippen LogP contribution in [0.3, 0.4) is 0 Å². The van der Waals surface area contributed by atoms with Gasteiger partial charge in [-0.1, -0.05) is 24.3 Å². The first-order valence-corrected chi connectivity index (χ1v) is 12.9. The standard InChI is InChI=1S/C23H20N4OS3/c1-15-19(25-17-7-3-2-6-16(17)24-15)13-29-14-23(28)27-20(22-9-5-11-31-22)12-18(26-27)21-8-4-10-30-21/h2-11,20H,12-14H2,1H3. The van der Waals surface area contributed by atoms with E-state index in [1.165, 1.54) is 4.88 Å². The summed E-state index contributed by atoms with van der Waals surface area (Å²) in [6.07, 6.45) is 0.757. The van der Waals surface area contributed by atoms with Crippen LogP contribution in [-0.4, -0.2) is 32.3 Å². The zero-order valence-corrected chi connectivity index (χ0v) is 19.3. The van der Waals surface area contributed by atoms with E-state index in [0.717, 1.165) is 39.4 Å². The van der Waals surface area contributed by atoms with Crippen LogP contribution in [-0.2, 0) is 10.5 Å². The Morgan fingerprint density at radius 2 is 1.84 bits per heavy atom. The molecule has 1 aromatic carbocycles. The molecule has 0 aliphatic carbocycles. The highest BCUT2D eigenvalue weighted by Crippen LogP contribution is 2.36. The predicted octanol–water partition coefficient (Wildman–Crippen LogP) is 5.67. The molecule has 0 spiro atoms. The summed E-state index contributed by atoms with van der Waals surface area (Å²) in [5, 5.41) is 10.5. The summed E-state index contributed by atoms with van der Waals surface area (Å²) in [5.41, 5.74) is 4.61. The van der Waals surface area contributed by atoms with E-state index in [9.17, 15) is 4.79 Å². The van der Waals surface area contributed by atoms with Crippen molar-refractivity contribution >= 4 is 57.1 Å². The molecule has 1 unspecified atom stereocenters. The fourth-order valence-electron chi connectivity index (χ4n) is 3.60. The number of benzene rings is 1. The van der Waals surface area contributed by atoms with Crippen molar-refractivity contribution < 1.29 is 4.79 Å². The molecule has 3 aromatic heterocycles. The second-order valence-corrected chi connectivity index (χ2v) is 10.1. The van der Waals surface area contributed by atoms with Gasteiger partial charge >= 0.3 is 0 Å². The number of carbonyl (C=O) groups is 1. The van der Waals surface area contributed by atoms with Crippen molar-refractivity contribution in [1.82, 2.24) is 15.0 Å². The van der Waals surface area contributed by atoms with Gasteiger partial charge in [0.2, 0.25) is 0 Å². The predicted molar refractivity (Wildman–Crippen MR) is 130 cm³/mol. The van der Waals surface area contributed by atoms with Gasteiger partial charge in [0, 0.05) is 17.1 Å². The Morgan fingerprint density at radius 1 is 1.06 bits per heavy atom. The van der Waals surface area contributed by atoms with E-state index in [1.807, 2.05) is 48.7 Å². The van der Waals surface area contributed by atoms with Gasteiger partial charge in [0.25, 0.3) is 5.91 Å². The van der Waals surface area contributed by atoms with Crippen LogP contribution < -0.4 is 0 Å². The van der Waals surface area contributed by atoms with E-state index < -0.39 is 0 Å². The number of hydrazone groups is 1. The van der Waals surface area contributed by atoms with E-state index in [-0.39, 0.29) is 11.9 Å². The Bertz CT molecular complexity index is 1240. The number of thiophene rings is 2. The Balaban J connectivity index is 1.30. The summed E-state index contributed by atoms with van der Waals surface area (Å²) in [6, 6.07) is 16.1. The average molecular weight is 465 g/mol. The number of carbonyl (C=O) groups excluding carboxylic acids is 1. The minimum atomic E-state index is -0.0209. The lowest BCUT2D eigenvalue weighted by atomic mass is 10.1. The van der Waals surface area contributed by atoms with E-state index in [2.05, 4.69) is 22.5 Å². The van der Waals surface area contributed by atoms with Gasteiger partial charge in [0.15, 0.2) is 0 Å². The quantitative estimate of drug-likeness (QED) is 0.369. The summed E-state index contributed by atoms with van der Waals surface area (Å²) in [6.45, 7) is 1.97. The Morgan fingerprint density at radius 3 is 2.58 bits per heavy atom. The van der Waals surface area contributed by atoms with Gasteiger partial charge < -0.3 is 0 Å². The molecule has 0 saturated carbocycles. The molecular weight excluding hydrogens is 444 g/mol. The Kier molecular flexibility index (Phi) is 5.85. The fourth-order valence-corrected chi connectivity index (χ4v) is 6.01. The third-order valence-electron chi connectivity index (χ3n) is 5.15. The van der Waals surface area contributed by atoms with Crippen molar-refractivity contribution in [2.75, 3.05) is 5.75 Å². The van der Waals surface area contributed by atoms with E-state index in [0.29, 0.717) is 11.5 Å². The first kappa shape index (κ1) is 20.4. The highest BCUT2D eigenvalue weighted by Gasteiger charge is 2.33. The Labute approximate surface area is 192 Å². The van der Waals surface area contributed by atoms with E-state index >= 15 is 0 Å². The molecule has 31 heavy (non-hydrogen) atoms. The summed E-state index contributed by atoms with van der Waals surface area (Å²) in [4.78, 5) is 24.8. The number of hydrogen-bond donors (Lipinski definition) is 0. The van der Waals surface area contributed by atoms with Gasteiger partial charge in [-0.2, -0.15) is 5.10 Å². The lowest BCUT2D eigenvalue weighted by molar-refractivity contribution is -0.130. The van der Waals surface area contributed by atoms with Crippen LogP contribution in [0, 0.1) is 6.92 Å². The zero-order chi connectivity index (χ0) is 21.2. The van der Waals surface area contributed by atoms with Crippen LogP contribution >= 0.6 is 34.4 Å². The number of aromatic nitrogens is 2. The maximum atomic E-state index is 13.1. The first-order valence-electron chi connectivity index (χ1n) is 9.96. The van der Waals surface area contributed by atoms with Crippen molar-refractivity contribution in [3.05, 3.63) is 80.4 Å². The number of aryl methyl sites for hydroxylation is 1. The maximum absolute atomic E-state index is 13.1. The number of thioether (sulfide) groups is 1. The zero-order valence-electron chi connectivity index (χ0n) is 16.9. The first-order chi connectivity index (χ1) is 15.2. The molecule has 0 radical (unpaired) electrons. The normalized spacial score (nSPS) is 16.1. The number of hydrogen-bond acceptors (Lipinski definition) is 7. The van der Waals surface area contributed by atoms with Crippen LogP contribution in [0.1, 0.15) is 33.6 Å². The van der Waals surface area contributed by atoms with Crippen molar-refractivity contribution in [3.8, 4) is 0 Å². The molecule has 0 fully saturated rings. The highest BCUT2D eigenvalue weighted by atomic mass is 32.2. The fraction of sp³-hybridized carbons (Fsp3) is 0.217. The average Bonchev–Trinajstić information content (AvgIpc) is 3.54. The monoisotopic (exact) mass is 464 g/mol. The van der Waals surface area contributed by atoms with Gasteiger partial charge in [0.1, 0.15) is 0 Å². The summed E-state index contributed by atoms with van der Waals surface area (Å²) in [7, 11) is 0. The third kappa shape index (κ3) is 4.28. The largest absolute Gasteiger partial charge is 0.272 e. The molecule has 4 heterocycles. The van der Waals surface area contributed by atoms with Crippen LogP contribution in [0.5, 0.6) is 0 Å². The third-order valence-corrected chi connectivity index (χ3v) is 7.97. The molecule has 156 valence electrons. The lowest BCUT2D eigenvalue weighted by Crippen LogP contribution is -2.28. The number of fused-ring (bicyclic) bond motifs is 1. The molecule has 0 saturated heterocycles. The van der Waals surface area contributed by atoms with Gasteiger partial charge in [-0.25, -0.2) is 15.0 Å². The van der Waals surface area contributed by atoms with Crippen LogP contribution in [0.15, 0.2) is 64.4 Å². The number of para-hydroxylation sites is 2. The minimum Gasteiger partial charge on any atom is -0.272 e. The van der Waals surface area contributed by atoms with Crippen molar-refractivity contribution in [2.24, 2.45) is 5.10 Å². The SMILES string of the molecule is Cc1nc2ccccc2nc1CSCC(=O)N1N=C(c2cccs2)CC1c1cccs1. The van der Waals surface area contributed by atoms with Gasteiger partial charge in [-0.05, 0) is 41.9 Å². The summed E-state index contributed by atoms with van der Waals surface area (Å²) in [5.74, 6) is 1.03. The summed E-state index contributed by atoms with van der Waals surface area (Å²) < 4.78 is 0. The van der Waals surface area contributed by atoms with Crippen molar-refractivity contribution in [1.29, 1.82) is 0 Å². The van der Waals surface area contributed by atoms with Crippen molar-refractivity contribution in [3.63, 3.8) is 0 Å². The molecule has 1 aliphatic heterocycles. The van der Waals surface area contributed by atoms with Crippen molar-refractivity contribution in [2.45, 2.75) is 25.1 Å². The molecule has 1 atom stereocenters. The molecule has 8 heteroatoms. The smallest absolute Gasteiger partial charge is 0.253 e. The molecule has 1 aliphatic rings. The number of nitrogens with zero attached hydrogens (tertiary/aromatic N) is 4. The van der Waals surface area contributed by atoms with E-state index in [1.54, 1.807) is 39.4 Å². The molecule has 1 amide bonds. The number of rotatable bonds is 6. The van der Waals surface area contributed by atoms with Crippen LogP contribution in [0.2, 0.25) is 0 Å². The van der Waals surface area contributed by atoms with E-state index in [4.69, 9.17) is 10.1 Å². The number of amides is 1. The second kappa shape index (κ2) is 8.90. The van der Waals surface area contributed by atoms with Gasteiger partial charge in [0.05, 0.1) is 44.8 Å². The second-order valence-electron chi connectivity index (χ2n) is 7.23. The van der Waals surface area contributed by atoms with Crippen LogP contribution in [0.4, 0.5) is 0 Å². The molecule has 5 rings (SSSR count).